The highest BCUT2D eigenvalue weighted by molar-refractivity contribution is 6.33. The van der Waals surface area contributed by atoms with Crippen LogP contribution in [0.2, 0.25) is 5.02 Å². The van der Waals surface area contributed by atoms with Crippen LogP contribution in [0.4, 0.5) is 0 Å². The molecule has 20 heavy (non-hydrogen) atoms. The summed E-state index contributed by atoms with van der Waals surface area (Å²) in [5, 5.41) is 0.840. The molecular formula is C17H19ClN2. The minimum atomic E-state index is 0.605. The van der Waals surface area contributed by atoms with Gasteiger partial charge in [0.25, 0.3) is 0 Å². The number of benzene rings is 1. The van der Waals surface area contributed by atoms with Gasteiger partial charge in [-0.1, -0.05) is 23.7 Å². The molecule has 104 valence electrons. The molecule has 2 aromatic rings. The number of nitrogens with zero attached hydrogens (tertiary/aromatic N) is 2. The number of piperidine rings is 1. The molecular weight excluding hydrogens is 268 g/mol. The molecule has 1 aliphatic rings. The van der Waals surface area contributed by atoms with E-state index in [9.17, 15) is 0 Å². The molecule has 0 atom stereocenters. The number of aromatic nitrogens is 1. The first-order valence-electron chi connectivity index (χ1n) is 7.13. The van der Waals surface area contributed by atoms with E-state index in [0.717, 1.165) is 18.1 Å². The van der Waals surface area contributed by atoms with Gasteiger partial charge in [-0.2, -0.15) is 0 Å². The van der Waals surface area contributed by atoms with Crippen molar-refractivity contribution in [2.75, 3.05) is 20.1 Å². The standard InChI is InChI=1S/C17H19ClN2/c1-20-11-7-13(8-12-20)15-3-2-4-16(18)17(15)14-5-9-19-10-6-14/h2-6,9-10,13H,7-8,11-12H2,1H3. The number of halogens is 1. The van der Waals surface area contributed by atoms with E-state index in [4.69, 9.17) is 11.6 Å². The summed E-state index contributed by atoms with van der Waals surface area (Å²) in [5.41, 5.74) is 3.74. The predicted molar refractivity (Wildman–Crippen MR) is 84.2 cm³/mol. The van der Waals surface area contributed by atoms with Crippen molar-refractivity contribution >= 4 is 11.6 Å². The van der Waals surface area contributed by atoms with E-state index in [1.54, 1.807) is 0 Å². The second kappa shape index (κ2) is 5.94. The third-order valence-electron chi connectivity index (χ3n) is 4.17. The Balaban J connectivity index is 2.01. The number of rotatable bonds is 2. The molecule has 2 nitrogen and oxygen atoms in total. The van der Waals surface area contributed by atoms with Crippen LogP contribution in [0.15, 0.2) is 42.7 Å². The van der Waals surface area contributed by atoms with Crippen LogP contribution in [0.5, 0.6) is 0 Å². The molecule has 0 spiro atoms. The van der Waals surface area contributed by atoms with Gasteiger partial charge < -0.3 is 4.90 Å². The Kier molecular flexibility index (Phi) is 4.04. The maximum atomic E-state index is 6.48. The first-order chi connectivity index (χ1) is 9.75. The van der Waals surface area contributed by atoms with Crippen LogP contribution in [0.25, 0.3) is 11.1 Å². The van der Waals surface area contributed by atoms with E-state index in [1.807, 2.05) is 30.6 Å². The van der Waals surface area contributed by atoms with Gasteiger partial charge in [0.05, 0.1) is 0 Å². The van der Waals surface area contributed by atoms with Crippen LogP contribution in [-0.4, -0.2) is 30.0 Å². The van der Waals surface area contributed by atoms with Gasteiger partial charge >= 0.3 is 0 Å². The van der Waals surface area contributed by atoms with Crippen molar-refractivity contribution in [3.05, 3.63) is 53.3 Å². The summed E-state index contributed by atoms with van der Waals surface area (Å²) >= 11 is 6.48. The zero-order valence-corrected chi connectivity index (χ0v) is 12.5. The highest BCUT2D eigenvalue weighted by Crippen LogP contribution is 2.38. The van der Waals surface area contributed by atoms with Crippen LogP contribution in [0.1, 0.15) is 24.3 Å². The molecule has 3 heteroatoms. The van der Waals surface area contributed by atoms with Gasteiger partial charge in [-0.15, -0.1) is 0 Å². The average molecular weight is 287 g/mol. The van der Waals surface area contributed by atoms with Crippen molar-refractivity contribution in [1.82, 2.24) is 9.88 Å². The smallest absolute Gasteiger partial charge is 0.0487 e. The van der Waals surface area contributed by atoms with E-state index < -0.39 is 0 Å². The molecule has 1 aromatic carbocycles. The molecule has 1 aromatic heterocycles. The average Bonchev–Trinajstić information content (AvgIpc) is 2.49. The number of hydrogen-bond donors (Lipinski definition) is 0. The minimum absolute atomic E-state index is 0.605. The molecule has 0 radical (unpaired) electrons. The molecule has 0 amide bonds. The second-order valence-electron chi connectivity index (χ2n) is 5.52. The van der Waals surface area contributed by atoms with Crippen LogP contribution in [0.3, 0.4) is 0 Å². The zero-order valence-electron chi connectivity index (χ0n) is 11.7. The summed E-state index contributed by atoms with van der Waals surface area (Å²) in [6.45, 7) is 2.32. The molecule has 0 N–H and O–H groups in total. The van der Waals surface area contributed by atoms with Gasteiger partial charge in [0.2, 0.25) is 0 Å². The normalized spacial score (nSPS) is 17.3. The quantitative estimate of drug-likeness (QED) is 0.822. The fourth-order valence-corrected chi connectivity index (χ4v) is 3.31. The van der Waals surface area contributed by atoms with Crippen molar-refractivity contribution in [2.24, 2.45) is 0 Å². The lowest BCUT2D eigenvalue weighted by atomic mass is 9.85. The lowest BCUT2D eigenvalue weighted by Gasteiger charge is -2.30. The Morgan fingerprint density at radius 3 is 2.50 bits per heavy atom. The third-order valence-corrected chi connectivity index (χ3v) is 4.49. The molecule has 0 saturated carbocycles. The third kappa shape index (κ3) is 2.72. The summed E-state index contributed by atoms with van der Waals surface area (Å²) in [4.78, 5) is 6.50. The lowest BCUT2D eigenvalue weighted by Crippen LogP contribution is -2.29. The van der Waals surface area contributed by atoms with Gasteiger partial charge in [-0.05, 0) is 68.2 Å². The van der Waals surface area contributed by atoms with Crippen molar-refractivity contribution in [1.29, 1.82) is 0 Å². The molecule has 2 heterocycles. The molecule has 0 bridgehead atoms. The van der Waals surface area contributed by atoms with Gasteiger partial charge in [0, 0.05) is 23.0 Å². The zero-order chi connectivity index (χ0) is 13.9. The van der Waals surface area contributed by atoms with E-state index >= 15 is 0 Å². The monoisotopic (exact) mass is 286 g/mol. The first-order valence-corrected chi connectivity index (χ1v) is 7.51. The fourth-order valence-electron chi connectivity index (χ4n) is 3.02. The topological polar surface area (TPSA) is 16.1 Å². The summed E-state index contributed by atoms with van der Waals surface area (Å²) in [5.74, 6) is 0.605. The van der Waals surface area contributed by atoms with Crippen molar-refractivity contribution in [3.8, 4) is 11.1 Å². The highest BCUT2D eigenvalue weighted by atomic mass is 35.5. The van der Waals surface area contributed by atoms with Gasteiger partial charge in [-0.3, -0.25) is 4.98 Å². The van der Waals surface area contributed by atoms with Crippen molar-refractivity contribution in [3.63, 3.8) is 0 Å². The van der Waals surface area contributed by atoms with Crippen LogP contribution >= 0.6 is 11.6 Å². The Morgan fingerprint density at radius 1 is 1.10 bits per heavy atom. The molecule has 0 aliphatic carbocycles. The second-order valence-corrected chi connectivity index (χ2v) is 5.92. The molecule has 0 unspecified atom stereocenters. The summed E-state index contributed by atoms with van der Waals surface area (Å²) < 4.78 is 0. The first kappa shape index (κ1) is 13.6. The molecule has 1 aliphatic heterocycles. The maximum absolute atomic E-state index is 6.48. The summed E-state index contributed by atoms with van der Waals surface area (Å²) in [6, 6.07) is 10.4. The predicted octanol–water partition coefficient (Wildman–Crippen LogP) is 4.21. The number of pyridine rings is 1. The summed E-state index contributed by atoms with van der Waals surface area (Å²) in [7, 11) is 2.19. The van der Waals surface area contributed by atoms with Gasteiger partial charge in [0.1, 0.15) is 0 Å². The highest BCUT2D eigenvalue weighted by Gasteiger charge is 2.22. The Bertz CT molecular complexity index is 575. The van der Waals surface area contributed by atoms with Crippen LogP contribution < -0.4 is 0 Å². The number of hydrogen-bond acceptors (Lipinski definition) is 2. The van der Waals surface area contributed by atoms with Crippen molar-refractivity contribution < 1.29 is 0 Å². The SMILES string of the molecule is CN1CCC(c2cccc(Cl)c2-c2ccncc2)CC1. The van der Waals surface area contributed by atoms with Crippen molar-refractivity contribution in [2.45, 2.75) is 18.8 Å². The van der Waals surface area contributed by atoms with E-state index in [2.05, 4.69) is 29.1 Å². The van der Waals surface area contributed by atoms with E-state index in [-0.39, 0.29) is 0 Å². The maximum Gasteiger partial charge on any atom is 0.0487 e. The van der Waals surface area contributed by atoms with E-state index in [0.29, 0.717) is 5.92 Å². The van der Waals surface area contributed by atoms with Gasteiger partial charge in [-0.25, -0.2) is 0 Å². The minimum Gasteiger partial charge on any atom is -0.306 e. The number of likely N-dealkylation sites (tertiary alicyclic amines) is 1. The lowest BCUT2D eigenvalue weighted by molar-refractivity contribution is 0.255. The molecule has 1 fully saturated rings. The summed E-state index contributed by atoms with van der Waals surface area (Å²) in [6.07, 6.45) is 6.07. The van der Waals surface area contributed by atoms with Gasteiger partial charge in [0.15, 0.2) is 0 Å². The van der Waals surface area contributed by atoms with Crippen LogP contribution in [-0.2, 0) is 0 Å². The van der Waals surface area contributed by atoms with Crippen LogP contribution in [0, 0.1) is 0 Å². The van der Waals surface area contributed by atoms with E-state index in [1.165, 1.54) is 29.5 Å². The Labute approximate surface area is 125 Å². The Hall–Kier alpha value is -1.38. The largest absolute Gasteiger partial charge is 0.306 e. The molecule has 1 saturated heterocycles. The Morgan fingerprint density at radius 2 is 1.80 bits per heavy atom. The fraction of sp³-hybridized carbons (Fsp3) is 0.353. The molecule has 3 rings (SSSR count).